The van der Waals surface area contributed by atoms with Gasteiger partial charge in [-0.15, -0.1) is 0 Å². The summed E-state index contributed by atoms with van der Waals surface area (Å²) >= 11 is 0. The molecule has 13 heavy (non-hydrogen) atoms. The lowest BCUT2D eigenvalue weighted by Gasteiger charge is -2.13. The van der Waals surface area contributed by atoms with E-state index in [1.807, 2.05) is 4.90 Å². The van der Waals surface area contributed by atoms with Crippen molar-refractivity contribution < 1.29 is 9.53 Å². The fourth-order valence-electron chi connectivity index (χ4n) is 1.59. The number of ether oxygens (including phenoxy) is 1. The van der Waals surface area contributed by atoms with Gasteiger partial charge in [0.05, 0.1) is 13.2 Å². The maximum atomic E-state index is 11.0. The minimum absolute atomic E-state index is 0.168. The molecule has 0 bridgehead atoms. The number of carbonyl (C=O) groups excluding carboxylic acids is 1. The van der Waals surface area contributed by atoms with Gasteiger partial charge in [-0.25, -0.2) is 0 Å². The van der Waals surface area contributed by atoms with Crippen molar-refractivity contribution in [3.63, 3.8) is 0 Å². The third kappa shape index (κ3) is 3.32. The maximum Gasteiger partial charge on any atom is 0.219 e. The van der Waals surface area contributed by atoms with Crippen LogP contribution in [0, 0.1) is 5.92 Å². The first kappa shape index (κ1) is 10.5. The van der Waals surface area contributed by atoms with Crippen molar-refractivity contribution in [1.29, 1.82) is 0 Å². The average Bonchev–Trinajstić information content (AvgIpc) is 2.53. The molecule has 1 heterocycles. The van der Waals surface area contributed by atoms with E-state index in [-0.39, 0.29) is 5.91 Å². The first-order valence-electron chi connectivity index (χ1n) is 4.77. The highest BCUT2D eigenvalue weighted by Crippen LogP contribution is 2.16. The van der Waals surface area contributed by atoms with Crippen molar-refractivity contribution in [1.82, 2.24) is 4.90 Å². The summed E-state index contributed by atoms with van der Waals surface area (Å²) in [6, 6.07) is 0. The van der Waals surface area contributed by atoms with Crippen LogP contribution in [0.25, 0.3) is 0 Å². The van der Waals surface area contributed by atoms with Crippen LogP contribution in [0.3, 0.4) is 0 Å². The predicted molar refractivity (Wildman–Crippen MR) is 50.2 cm³/mol. The van der Waals surface area contributed by atoms with Gasteiger partial charge in [-0.2, -0.15) is 0 Å². The van der Waals surface area contributed by atoms with Crippen molar-refractivity contribution in [3.05, 3.63) is 0 Å². The van der Waals surface area contributed by atoms with E-state index in [1.54, 1.807) is 6.92 Å². The Hall–Kier alpha value is -0.610. The van der Waals surface area contributed by atoms with Gasteiger partial charge >= 0.3 is 0 Å². The van der Waals surface area contributed by atoms with Crippen molar-refractivity contribution in [3.8, 4) is 0 Å². The average molecular weight is 186 g/mol. The summed E-state index contributed by atoms with van der Waals surface area (Å²) in [7, 11) is 0. The summed E-state index contributed by atoms with van der Waals surface area (Å²) < 4.78 is 5.33. The van der Waals surface area contributed by atoms with Crippen LogP contribution in [-0.2, 0) is 9.53 Å². The number of hydrogen-bond donors (Lipinski definition) is 1. The Morgan fingerprint density at radius 2 is 2.46 bits per heavy atom. The van der Waals surface area contributed by atoms with Crippen LogP contribution in [0.4, 0.5) is 0 Å². The zero-order valence-corrected chi connectivity index (χ0v) is 8.16. The first-order chi connectivity index (χ1) is 6.24. The lowest BCUT2D eigenvalue weighted by atomic mass is 10.1. The van der Waals surface area contributed by atoms with Crippen LogP contribution in [0.15, 0.2) is 0 Å². The number of hydrogen-bond acceptors (Lipinski definition) is 3. The topological polar surface area (TPSA) is 55.6 Å². The fraction of sp³-hybridized carbons (Fsp3) is 0.889. The van der Waals surface area contributed by atoms with Crippen LogP contribution >= 0.6 is 0 Å². The first-order valence-corrected chi connectivity index (χ1v) is 4.77. The minimum Gasteiger partial charge on any atom is -0.380 e. The number of nitrogens with zero attached hydrogens (tertiary/aromatic N) is 1. The zero-order chi connectivity index (χ0) is 9.68. The molecule has 0 saturated carbocycles. The van der Waals surface area contributed by atoms with Crippen LogP contribution in [0.5, 0.6) is 0 Å². The second kappa shape index (κ2) is 5.19. The molecule has 0 unspecified atom stereocenters. The molecule has 0 aromatic rings. The standard InChI is InChI=1S/C9H18N2O2/c1-8(12)11-4-2-9(6-11)7-13-5-3-10/h9H,2-7,10H2,1H3/t9-/m0/s1. The second-order valence-electron chi connectivity index (χ2n) is 3.48. The third-order valence-corrected chi connectivity index (χ3v) is 2.35. The molecule has 0 aromatic carbocycles. The van der Waals surface area contributed by atoms with Gasteiger partial charge in [-0.3, -0.25) is 4.79 Å². The van der Waals surface area contributed by atoms with Gasteiger partial charge in [0.25, 0.3) is 0 Å². The molecular formula is C9H18N2O2. The summed E-state index contributed by atoms with van der Waals surface area (Å²) in [5, 5.41) is 0. The van der Waals surface area contributed by atoms with Gasteiger partial charge in [-0.05, 0) is 6.42 Å². The second-order valence-corrected chi connectivity index (χ2v) is 3.48. The van der Waals surface area contributed by atoms with Gasteiger partial charge in [0.1, 0.15) is 0 Å². The van der Waals surface area contributed by atoms with Gasteiger partial charge < -0.3 is 15.4 Å². The molecule has 1 rings (SSSR count). The van der Waals surface area contributed by atoms with Crippen LogP contribution in [-0.4, -0.2) is 43.7 Å². The molecule has 4 heteroatoms. The summed E-state index contributed by atoms with van der Waals surface area (Å²) in [6.07, 6.45) is 1.06. The van der Waals surface area contributed by atoms with Gasteiger partial charge in [-0.1, -0.05) is 0 Å². The van der Waals surface area contributed by atoms with Crippen molar-refractivity contribution in [2.75, 3.05) is 32.8 Å². The van der Waals surface area contributed by atoms with E-state index in [0.717, 1.165) is 26.1 Å². The van der Waals surface area contributed by atoms with Crippen molar-refractivity contribution >= 4 is 5.91 Å². The van der Waals surface area contributed by atoms with E-state index < -0.39 is 0 Å². The molecule has 0 aliphatic carbocycles. The summed E-state index contributed by atoms with van der Waals surface area (Å²) in [5.41, 5.74) is 5.30. The molecule has 1 amide bonds. The van der Waals surface area contributed by atoms with Crippen molar-refractivity contribution in [2.45, 2.75) is 13.3 Å². The van der Waals surface area contributed by atoms with Gasteiger partial charge in [0.2, 0.25) is 5.91 Å². The fourth-order valence-corrected chi connectivity index (χ4v) is 1.59. The van der Waals surface area contributed by atoms with E-state index in [4.69, 9.17) is 10.5 Å². The van der Waals surface area contributed by atoms with E-state index in [2.05, 4.69) is 0 Å². The SMILES string of the molecule is CC(=O)N1CC[C@H](COCCN)C1. The van der Waals surface area contributed by atoms with Crippen molar-refractivity contribution in [2.24, 2.45) is 11.7 Å². The number of rotatable bonds is 4. The van der Waals surface area contributed by atoms with Gasteiger partial charge in [0, 0.05) is 32.5 Å². The Balaban J connectivity index is 2.14. The zero-order valence-electron chi connectivity index (χ0n) is 8.16. The molecule has 0 aromatic heterocycles. The number of nitrogens with two attached hydrogens (primary N) is 1. The molecule has 0 spiro atoms. The largest absolute Gasteiger partial charge is 0.380 e. The Morgan fingerprint density at radius 3 is 3.00 bits per heavy atom. The summed E-state index contributed by atoms with van der Waals surface area (Å²) in [4.78, 5) is 12.9. The lowest BCUT2D eigenvalue weighted by Crippen LogP contribution is -2.26. The Kier molecular flexibility index (Phi) is 4.18. The molecule has 1 fully saturated rings. The highest BCUT2D eigenvalue weighted by atomic mass is 16.5. The minimum atomic E-state index is 0.168. The van der Waals surface area contributed by atoms with Crippen LogP contribution < -0.4 is 5.73 Å². The van der Waals surface area contributed by atoms with Crippen LogP contribution in [0.1, 0.15) is 13.3 Å². The molecular weight excluding hydrogens is 168 g/mol. The molecule has 2 N–H and O–H groups in total. The third-order valence-electron chi connectivity index (χ3n) is 2.35. The molecule has 1 aliphatic heterocycles. The Morgan fingerprint density at radius 1 is 1.69 bits per heavy atom. The normalized spacial score (nSPS) is 22.3. The molecule has 76 valence electrons. The number of likely N-dealkylation sites (tertiary alicyclic amines) is 1. The molecule has 1 saturated heterocycles. The number of amides is 1. The highest BCUT2D eigenvalue weighted by Gasteiger charge is 2.23. The quantitative estimate of drug-likeness (QED) is 0.620. The molecule has 1 atom stereocenters. The summed E-state index contributed by atoms with van der Waals surface area (Å²) in [6.45, 7) is 5.27. The van der Waals surface area contributed by atoms with E-state index in [0.29, 0.717) is 19.1 Å². The Labute approximate surface area is 79.0 Å². The summed E-state index contributed by atoms with van der Waals surface area (Å²) in [5.74, 6) is 0.678. The lowest BCUT2D eigenvalue weighted by molar-refractivity contribution is -0.127. The maximum absolute atomic E-state index is 11.0. The van der Waals surface area contributed by atoms with E-state index in [9.17, 15) is 4.79 Å². The van der Waals surface area contributed by atoms with Gasteiger partial charge in [0.15, 0.2) is 0 Å². The smallest absolute Gasteiger partial charge is 0.219 e. The van der Waals surface area contributed by atoms with E-state index in [1.165, 1.54) is 0 Å². The van der Waals surface area contributed by atoms with E-state index >= 15 is 0 Å². The predicted octanol–water partition coefficient (Wildman–Crippen LogP) is -0.170. The Bertz CT molecular complexity index is 173. The molecule has 1 aliphatic rings. The molecule has 0 radical (unpaired) electrons. The molecule has 4 nitrogen and oxygen atoms in total. The monoisotopic (exact) mass is 186 g/mol. The van der Waals surface area contributed by atoms with Crippen LogP contribution in [0.2, 0.25) is 0 Å². The number of carbonyl (C=O) groups is 1. The highest BCUT2D eigenvalue weighted by molar-refractivity contribution is 5.73.